The molecule has 2 bridgehead atoms. The van der Waals surface area contributed by atoms with Gasteiger partial charge in [0.2, 0.25) is 0 Å². The summed E-state index contributed by atoms with van der Waals surface area (Å²) in [6.45, 7) is 3.86. The predicted octanol–water partition coefficient (Wildman–Crippen LogP) is 4.78. The molecule has 3 aliphatic heterocycles. The number of ketones is 1. The van der Waals surface area contributed by atoms with E-state index in [0.29, 0.717) is 24.2 Å². The van der Waals surface area contributed by atoms with Gasteiger partial charge in [-0.2, -0.15) is 0 Å². The van der Waals surface area contributed by atoms with Crippen molar-refractivity contribution in [2.24, 2.45) is 5.92 Å². The van der Waals surface area contributed by atoms with Crippen molar-refractivity contribution in [3.05, 3.63) is 53.7 Å². The van der Waals surface area contributed by atoms with Crippen molar-refractivity contribution in [3.8, 4) is 0 Å². The maximum Gasteiger partial charge on any atom is 0.167 e. The van der Waals surface area contributed by atoms with E-state index < -0.39 is 0 Å². The molecule has 0 N–H and O–H groups in total. The number of benzene rings is 1. The van der Waals surface area contributed by atoms with Crippen LogP contribution in [0, 0.1) is 12.8 Å². The third kappa shape index (κ3) is 3.71. The number of aromatic nitrogens is 1. The molecule has 0 radical (unpaired) electrons. The first-order valence-corrected chi connectivity index (χ1v) is 12.4. The minimum Gasteiger partial charge on any atom is -0.379 e. The molecule has 5 heteroatoms. The van der Waals surface area contributed by atoms with Crippen LogP contribution in [0.25, 0.3) is 0 Å². The Morgan fingerprint density at radius 3 is 2.31 bits per heavy atom. The monoisotopic (exact) mass is 431 g/mol. The molecule has 168 valence electrons. The van der Waals surface area contributed by atoms with E-state index in [1.165, 1.54) is 24.1 Å². The van der Waals surface area contributed by atoms with Crippen molar-refractivity contribution in [1.82, 2.24) is 4.98 Å². The van der Waals surface area contributed by atoms with E-state index >= 15 is 0 Å². The van der Waals surface area contributed by atoms with Gasteiger partial charge in [-0.1, -0.05) is 17.7 Å². The fourth-order valence-corrected chi connectivity index (χ4v) is 6.19. The lowest BCUT2D eigenvalue weighted by atomic mass is 9.93. The van der Waals surface area contributed by atoms with Gasteiger partial charge in [0.15, 0.2) is 5.78 Å². The second-order valence-corrected chi connectivity index (χ2v) is 10.2. The quantitative estimate of drug-likeness (QED) is 0.616. The molecule has 1 aromatic heterocycles. The number of aryl methyl sites for hydroxylation is 1. The SMILES string of the molecule is Cc1ccc(N(C2CC3CCC(C2)N3c2ccc(C(=O)C3CC3)cn2)[C@H]2CCOC2)cc1. The fourth-order valence-electron chi connectivity index (χ4n) is 6.19. The molecule has 0 spiro atoms. The van der Waals surface area contributed by atoms with Crippen molar-refractivity contribution in [2.75, 3.05) is 23.0 Å². The van der Waals surface area contributed by atoms with E-state index in [0.717, 1.165) is 56.7 Å². The van der Waals surface area contributed by atoms with Crippen molar-refractivity contribution in [2.45, 2.75) is 76.0 Å². The Balaban J connectivity index is 1.22. The van der Waals surface area contributed by atoms with E-state index in [1.807, 2.05) is 12.3 Å². The molecule has 4 heterocycles. The lowest BCUT2D eigenvalue weighted by Crippen LogP contribution is -2.54. The zero-order chi connectivity index (χ0) is 21.7. The van der Waals surface area contributed by atoms with Crippen molar-refractivity contribution < 1.29 is 9.53 Å². The smallest absolute Gasteiger partial charge is 0.167 e. The number of ether oxygens (including phenoxy) is 1. The highest BCUT2D eigenvalue weighted by Gasteiger charge is 2.44. The van der Waals surface area contributed by atoms with Gasteiger partial charge < -0.3 is 14.5 Å². The lowest BCUT2D eigenvalue weighted by molar-refractivity contribution is 0.0967. The summed E-state index contributed by atoms with van der Waals surface area (Å²) in [6, 6.07) is 15.2. The Bertz CT molecular complexity index is 949. The summed E-state index contributed by atoms with van der Waals surface area (Å²) in [5, 5.41) is 0. The standard InChI is InChI=1S/C27H33N3O2/c1-18-2-7-21(8-3-18)29(24-12-13-32-17-24)25-14-22-9-10-23(15-25)30(22)26-11-6-20(16-28-26)27(31)19-4-5-19/h2-3,6-8,11,16,19,22-25H,4-5,9-10,12-15,17H2,1H3/t22?,23?,24-,25?/m0/s1. The van der Waals surface area contributed by atoms with E-state index in [9.17, 15) is 4.79 Å². The van der Waals surface area contributed by atoms with Crippen LogP contribution in [0.4, 0.5) is 11.5 Å². The molecule has 5 nitrogen and oxygen atoms in total. The normalized spacial score (nSPS) is 29.3. The van der Waals surface area contributed by atoms with Gasteiger partial charge in [0, 0.05) is 48.1 Å². The molecule has 4 aliphatic rings. The summed E-state index contributed by atoms with van der Waals surface area (Å²) in [5.74, 6) is 1.58. The molecule has 0 amide bonds. The number of rotatable bonds is 6. The molecule has 32 heavy (non-hydrogen) atoms. The summed E-state index contributed by atoms with van der Waals surface area (Å²) >= 11 is 0. The van der Waals surface area contributed by atoms with Crippen LogP contribution in [0.3, 0.4) is 0 Å². The van der Waals surface area contributed by atoms with E-state index in [4.69, 9.17) is 9.72 Å². The molecule has 6 rings (SSSR count). The summed E-state index contributed by atoms with van der Waals surface area (Å²) in [4.78, 5) is 22.4. The molecule has 2 unspecified atom stereocenters. The average Bonchev–Trinajstić information content (AvgIpc) is 3.47. The summed E-state index contributed by atoms with van der Waals surface area (Å²) in [5.41, 5.74) is 3.43. The average molecular weight is 432 g/mol. The lowest BCUT2D eigenvalue weighted by Gasteiger charge is -2.46. The minimum atomic E-state index is 0.252. The Labute approximate surface area is 190 Å². The Morgan fingerprint density at radius 1 is 0.969 bits per heavy atom. The van der Waals surface area contributed by atoms with E-state index in [2.05, 4.69) is 47.1 Å². The van der Waals surface area contributed by atoms with Crippen LogP contribution in [-0.4, -0.2) is 48.1 Å². The first-order chi connectivity index (χ1) is 15.7. The molecule has 2 aromatic rings. The second-order valence-electron chi connectivity index (χ2n) is 10.2. The molecule has 1 aromatic carbocycles. The van der Waals surface area contributed by atoms with Gasteiger partial charge in [0.05, 0.1) is 12.6 Å². The van der Waals surface area contributed by atoms with Gasteiger partial charge in [-0.15, -0.1) is 0 Å². The Kier molecular flexibility index (Phi) is 5.17. The third-order valence-corrected chi connectivity index (χ3v) is 7.98. The number of piperidine rings is 1. The maximum atomic E-state index is 12.4. The highest BCUT2D eigenvalue weighted by Crippen LogP contribution is 2.42. The van der Waals surface area contributed by atoms with Crippen molar-refractivity contribution >= 4 is 17.3 Å². The van der Waals surface area contributed by atoms with Crippen LogP contribution in [0.5, 0.6) is 0 Å². The van der Waals surface area contributed by atoms with E-state index in [1.54, 1.807) is 0 Å². The van der Waals surface area contributed by atoms with Crippen LogP contribution >= 0.6 is 0 Å². The fraction of sp³-hybridized carbons (Fsp3) is 0.556. The highest BCUT2D eigenvalue weighted by atomic mass is 16.5. The second kappa shape index (κ2) is 8.18. The van der Waals surface area contributed by atoms with Gasteiger partial charge in [0.1, 0.15) is 5.82 Å². The molecular formula is C27H33N3O2. The Hall–Kier alpha value is -2.40. The minimum absolute atomic E-state index is 0.252. The van der Waals surface area contributed by atoms with E-state index in [-0.39, 0.29) is 11.7 Å². The molecule has 1 aliphatic carbocycles. The molecule has 3 atom stereocenters. The number of pyridine rings is 1. The first kappa shape index (κ1) is 20.2. The number of fused-ring (bicyclic) bond motifs is 2. The first-order valence-electron chi connectivity index (χ1n) is 12.4. The van der Waals surface area contributed by atoms with Gasteiger partial charge in [0.25, 0.3) is 0 Å². The number of hydrogen-bond donors (Lipinski definition) is 0. The maximum absolute atomic E-state index is 12.4. The predicted molar refractivity (Wildman–Crippen MR) is 126 cm³/mol. The van der Waals surface area contributed by atoms with Crippen molar-refractivity contribution in [3.63, 3.8) is 0 Å². The molecule has 4 fully saturated rings. The topological polar surface area (TPSA) is 45.7 Å². The zero-order valence-corrected chi connectivity index (χ0v) is 19.0. The number of carbonyl (C=O) groups excluding carboxylic acids is 1. The van der Waals surface area contributed by atoms with Crippen LogP contribution in [0.1, 0.15) is 60.9 Å². The summed E-state index contributed by atoms with van der Waals surface area (Å²) in [6.07, 6.45) is 9.79. The van der Waals surface area contributed by atoms with Crippen LogP contribution in [-0.2, 0) is 4.74 Å². The number of nitrogens with zero attached hydrogens (tertiary/aromatic N) is 3. The molecule has 3 saturated heterocycles. The molecular weight excluding hydrogens is 398 g/mol. The van der Waals surface area contributed by atoms with Gasteiger partial charge >= 0.3 is 0 Å². The number of Topliss-reactive ketones (excluding diaryl/α,β-unsaturated/α-hetero) is 1. The van der Waals surface area contributed by atoms with Gasteiger partial charge in [-0.05, 0) is 76.1 Å². The summed E-state index contributed by atoms with van der Waals surface area (Å²) in [7, 11) is 0. The zero-order valence-electron chi connectivity index (χ0n) is 19.0. The number of hydrogen-bond acceptors (Lipinski definition) is 5. The van der Waals surface area contributed by atoms with Crippen LogP contribution < -0.4 is 9.80 Å². The van der Waals surface area contributed by atoms with Crippen molar-refractivity contribution in [1.29, 1.82) is 0 Å². The highest BCUT2D eigenvalue weighted by molar-refractivity contribution is 5.99. The van der Waals surface area contributed by atoms with Crippen LogP contribution in [0.2, 0.25) is 0 Å². The Morgan fingerprint density at radius 2 is 1.72 bits per heavy atom. The summed E-state index contributed by atoms with van der Waals surface area (Å²) < 4.78 is 5.80. The third-order valence-electron chi connectivity index (χ3n) is 7.98. The largest absolute Gasteiger partial charge is 0.379 e. The molecule has 1 saturated carbocycles. The van der Waals surface area contributed by atoms with Crippen LogP contribution in [0.15, 0.2) is 42.6 Å². The van der Waals surface area contributed by atoms with Gasteiger partial charge in [-0.3, -0.25) is 4.79 Å². The number of carbonyl (C=O) groups is 1. The van der Waals surface area contributed by atoms with Gasteiger partial charge in [-0.25, -0.2) is 4.98 Å². The number of anilines is 2.